The van der Waals surface area contributed by atoms with Crippen LogP contribution in [-0.4, -0.2) is 29.9 Å². The van der Waals surface area contributed by atoms with Gasteiger partial charge in [0, 0.05) is 18.3 Å². The Morgan fingerprint density at radius 1 is 1.47 bits per heavy atom. The highest BCUT2D eigenvalue weighted by molar-refractivity contribution is 7.09. The van der Waals surface area contributed by atoms with E-state index >= 15 is 0 Å². The Morgan fingerprint density at radius 3 is 2.76 bits per heavy atom. The Morgan fingerprint density at radius 2 is 2.18 bits per heavy atom. The van der Waals surface area contributed by atoms with Crippen LogP contribution in [0.4, 0.5) is 0 Å². The second kappa shape index (κ2) is 6.60. The van der Waals surface area contributed by atoms with Crippen molar-refractivity contribution in [3.05, 3.63) is 16.1 Å². The van der Waals surface area contributed by atoms with Gasteiger partial charge in [-0.05, 0) is 6.92 Å². The Balaban J connectivity index is 2.24. The monoisotopic (exact) mass is 252 g/mol. The maximum absolute atomic E-state index is 11.2. The van der Waals surface area contributed by atoms with Gasteiger partial charge in [0.05, 0.1) is 16.8 Å². The molecule has 0 aromatic carbocycles. The molecule has 0 fully saturated rings. The first-order valence-corrected chi connectivity index (χ1v) is 5.85. The number of carbonyl (C=O) groups excluding carboxylic acids is 2. The van der Waals surface area contributed by atoms with E-state index < -0.39 is 11.8 Å². The lowest BCUT2D eigenvalue weighted by molar-refractivity contribution is -0.139. The van der Waals surface area contributed by atoms with Gasteiger partial charge in [-0.3, -0.25) is 9.59 Å². The Kier molecular flexibility index (Phi) is 5.10. The molecule has 0 aliphatic heterocycles. The van der Waals surface area contributed by atoms with Crippen LogP contribution in [0, 0.1) is 18.3 Å². The van der Waals surface area contributed by atoms with E-state index in [1.165, 1.54) is 0 Å². The van der Waals surface area contributed by atoms with E-state index in [0.717, 1.165) is 10.7 Å². The summed E-state index contributed by atoms with van der Waals surface area (Å²) >= 11 is 1.54. The molecule has 0 spiro atoms. The molecular formula is C10H12N4O2S. The van der Waals surface area contributed by atoms with E-state index in [1.54, 1.807) is 17.4 Å². The van der Waals surface area contributed by atoms with Gasteiger partial charge in [-0.2, -0.15) is 5.26 Å². The standard InChI is InChI=1S/C10H12N4O2S/c1-7-14-8(6-17-7)2-4-12-9(15)10(16)13-5-3-11/h6H,2,4-5H2,1H3,(H,12,15)(H,13,16). The number of aryl methyl sites for hydroxylation is 1. The van der Waals surface area contributed by atoms with Gasteiger partial charge >= 0.3 is 11.8 Å². The summed E-state index contributed by atoms with van der Waals surface area (Å²) in [6.45, 7) is 2.08. The number of nitrogens with zero attached hydrogens (tertiary/aromatic N) is 2. The Hall–Kier alpha value is -1.94. The van der Waals surface area contributed by atoms with Crippen LogP contribution in [-0.2, 0) is 16.0 Å². The van der Waals surface area contributed by atoms with E-state index in [-0.39, 0.29) is 6.54 Å². The van der Waals surface area contributed by atoms with Gasteiger partial charge < -0.3 is 10.6 Å². The average Bonchev–Trinajstić information content (AvgIpc) is 2.71. The number of aromatic nitrogens is 1. The lowest BCUT2D eigenvalue weighted by Crippen LogP contribution is -2.40. The fourth-order valence-corrected chi connectivity index (χ4v) is 1.75. The molecule has 0 unspecified atom stereocenters. The first-order chi connectivity index (χ1) is 8.13. The summed E-state index contributed by atoms with van der Waals surface area (Å²) < 4.78 is 0. The molecule has 1 heterocycles. The van der Waals surface area contributed by atoms with Crippen LogP contribution >= 0.6 is 11.3 Å². The van der Waals surface area contributed by atoms with Gasteiger partial charge in [-0.1, -0.05) is 0 Å². The van der Waals surface area contributed by atoms with Crippen molar-refractivity contribution in [2.75, 3.05) is 13.1 Å². The number of nitrogens with one attached hydrogen (secondary N) is 2. The highest BCUT2D eigenvalue weighted by Crippen LogP contribution is 2.07. The molecule has 0 radical (unpaired) electrons. The largest absolute Gasteiger partial charge is 0.347 e. The maximum atomic E-state index is 11.2. The topological polar surface area (TPSA) is 94.9 Å². The summed E-state index contributed by atoms with van der Waals surface area (Å²) in [5.41, 5.74) is 0.894. The molecule has 2 amide bonds. The first-order valence-electron chi connectivity index (χ1n) is 4.97. The van der Waals surface area contributed by atoms with Crippen molar-refractivity contribution < 1.29 is 9.59 Å². The van der Waals surface area contributed by atoms with Crippen molar-refractivity contribution in [1.82, 2.24) is 15.6 Å². The highest BCUT2D eigenvalue weighted by Gasteiger charge is 2.11. The van der Waals surface area contributed by atoms with Crippen molar-refractivity contribution in [3.8, 4) is 6.07 Å². The highest BCUT2D eigenvalue weighted by atomic mass is 32.1. The molecule has 0 aliphatic carbocycles. The van der Waals surface area contributed by atoms with Crippen molar-refractivity contribution in [2.45, 2.75) is 13.3 Å². The van der Waals surface area contributed by atoms with Crippen LogP contribution in [0.1, 0.15) is 10.7 Å². The fraction of sp³-hybridized carbons (Fsp3) is 0.400. The third-order valence-electron chi connectivity index (χ3n) is 1.87. The maximum Gasteiger partial charge on any atom is 0.310 e. The third kappa shape index (κ3) is 4.61. The molecule has 1 rings (SSSR count). The predicted molar refractivity (Wildman–Crippen MR) is 62.2 cm³/mol. The van der Waals surface area contributed by atoms with Crippen LogP contribution < -0.4 is 10.6 Å². The van der Waals surface area contributed by atoms with Gasteiger partial charge in [-0.25, -0.2) is 4.98 Å². The van der Waals surface area contributed by atoms with Crippen LogP contribution in [0.15, 0.2) is 5.38 Å². The third-order valence-corrected chi connectivity index (χ3v) is 2.69. The molecule has 0 atom stereocenters. The van der Waals surface area contributed by atoms with Crippen molar-refractivity contribution in [1.29, 1.82) is 5.26 Å². The molecule has 2 N–H and O–H groups in total. The van der Waals surface area contributed by atoms with Crippen molar-refractivity contribution >= 4 is 23.2 Å². The number of hydrogen-bond donors (Lipinski definition) is 2. The number of carbonyl (C=O) groups is 2. The van der Waals surface area contributed by atoms with E-state index in [9.17, 15) is 9.59 Å². The normalized spacial score (nSPS) is 9.41. The molecule has 17 heavy (non-hydrogen) atoms. The molecule has 90 valence electrons. The minimum absolute atomic E-state index is 0.169. The van der Waals surface area contributed by atoms with E-state index in [0.29, 0.717) is 13.0 Å². The summed E-state index contributed by atoms with van der Waals surface area (Å²) in [7, 11) is 0. The Labute approximate surface area is 103 Å². The van der Waals surface area contributed by atoms with Crippen LogP contribution in [0.25, 0.3) is 0 Å². The second-order valence-electron chi connectivity index (χ2n) is 3.20. The summed E-state index contributed by atoms with van der Waals surface area (Å²) in [5.74, 6) is -1.52. The summed E-state index contributed by atoms with van der Waals surface area (Å²) in [6, 6.07) is 1.72. The molecule has 6 nitrogen and oxygen atoms in total. The molecule has 0 saturated heterocycles. The first kappa shape index (κ1) is 13.1. The van der Waals surface area contributed by atoms with Crippen LogP contribution in [0.5, 0.6) is 0 Å². The summed E-state index contributed by atoms with van der Waals surface area (Å²) in [5, 5.41) is 15.7. The van der Waals surface area contributed by atoms with Crippen molar-refractivity contribution in [3.63, 3.8) is 0 Å². The zero-order valence-corrected chi connectivity index (χ0v) is 10.1. The minimum Gasteiger partial charge on any atom is -0.347 e. The number of thiazole rings is 1. The van der Waals surface area contributed by atoms with E-state index in [2.05, 4.69) is 15.6 Å². The summed E-state index contributed by atoms with van der Waals surface area (Å²) in [6.07, 6.45) is 0.585. The molecule has 0 bridgehead atoms. The molecule has 7 heteroatoms. The number of hydrogen-bond acceptors (Lipinski definition) is 5. The van der Waals surface area contributed by atoms with Gasteiger partial charge in [0.1, 0.15) is 6.54 Å². The summed E-state index contributed by atoms with van der Waals surface area (Å²) in [4.78, 5) is 26.5. The smallest absolute Gasteiger partial charge is 0.310 e. The zero-order valence-electron chi connectivity index (χ0n) is 9.32. The van der Waals surface area contributed by atoms with Crippen molar-refractivity contribution in [2.24, 2.45) is 0 Å². The lowest BCUT2D eigenvalue weighted by Gasteiger charge is -2.02. The van der Waals surface area contributed by atoms with E-state index in [1.807, 2.05) is 12.3 Å². The van der Waals surface area contributed by atoms with E-state index in [4.69, 9.17) is 5.26 Å². The number of amides is 2. The number of rotatable bonds is 4. The molecular weight excluding hydrogens is 240 g/mol. The predicted octanol–water partition coefficient (Wildman–Crippen LogP) is -0.250. The minimum atomic E-state index is -0.791. The van der Waals surface area contributed by atoms with Gasteiger partial charge in [0.2, 0.25) is 0 Å². The SMILES string of the molecule is Cc1nc(CCNC(=O)C(=O)NCC#N)cs1. The fourth-order valence-electron chi connectivity index (χ4n) is 1.11. The molecule has 0 saturated carbocycles. The molecule has 1 aromatic heterocycles. The van der Waals surface area contributed by atoms with Gasteiger partial charge in [0.15, 0.2) is 0 Å². The van der Waals surface area contributed by atoms with Gasteiger partial charge in [0.25, 0.3) is 0 Å². The average molecular weight is 252 g/mol. The van der Waals surface area contributed by atoms with Gasteiger partial charge in [-0.15, -0.1) is 11.3 Å². The zero-order chi connectivity index (χ0) is 12.7. The Bertz CT molecular complexity index is 449. The quantitative estimate of drug-likeness (QED) is 0.570. The molecule has 1 aromatic rings. The number of nitriles is 1. The van der Waals surface area contributed by atoms with Crippen LogP contribution in [0.3, 0.4) is 0 Å². The molecule has 0 aliphatic rings. The second-order valence-corrected chi connectivity index (χ2v) is 4.27. The van der Waals surface area contributed by atoms with Crippen LogP contribution in [0.2, 0.25) is 0 Å². The lowest BCUT2D eigenvalue weighted by atomic mass is 10.3.